The van der Waals surface area contributed by atoms with Gasteiger partial charge < -0.3 is 10.5 Å². The molecule has 2 rings (SSSR count). The van der Waals surface area contributed by atoms with Crippen molar-refractivity contribution in [3.05, 3.63) is 28.8 Å². The van der Waals surface area contributed by atoms with Gasteiger partial charge in [0.25, 0.3) is 5.91 Å². The molecule has 0 aromatic heterocycles. The van der Waals surface area contributed by atoms with Gasteiger partial charge in [-0.1, -0.05) is 30.9 Å². The minimum absolute atomic E-state index is 0.454. The van der Waals surface area contributed by atoms with E-state index in [0.29, 0.717) is 10.9 Å². The van der Waals surface area contributed by atoms with Gasteiger partial charge in [0.15, 0.2) is 6.10 Å². The molecule has 19 heavy (non-hydrogen) atoms. The van der Waals surface area contributed by atoms with Gasteiger partial charge in [-0.15, -0.1) is 0 Å². The molecule has 0 aliphatic heterocycles. The highest BCUT2D eigenvalue weighted by atomic mass is 35.5. The summed E-state index contributed by atoms with van der Waals surface area (Å²) >= 11 is 6.09. The van der Waals surface area contributed by atoms with Crippen LogP contribution in [-0.4, -0.2) is 12.0 Å². The minimum Gasteiger partial charge on any atom is -0.481 e. The Morgan fingerprint density at radius 2 is 2.05 bits per heavy atom. The molecule has 0 unspecified atom stereocenters. The van der Waals surface area contributed by atoms with Crippen LogP contribution in [-0.2, 0) is 4.79 Å². The van der Waals surface area contributed by atoms with Crippen molar-refractivity contribution in [2.75, 3.05) is 0 Å². The van der Waals surface area contributed by atoms with E-state index in [9.17, 15) is 4.79 Å². The van der Waals surface area contributed by atoms with E-state index in [1.807, 2.05) is 12.1 Å². The number of hydrogen-bond acceptors (Lipinski definition) is 2. The summed E-state index contributed by atoms with van der Waals surface area (Å²) in [6.45, 7) is 1.67. The molecule has 0 spiro atoms. The number of nitrogens with two attached hydrogens (primary N) is 1. The van der Waals surface area contributed by atoms with E-state index in [4.69, 9.17) is 22.1 Å². The van der Waals surface area contributed by atoms with E-state index in [2.05, 4.69) is 0 Å². The lowest BCUT2D eigenvalue weighted by atomic mass is 9.83. The molecule has 1 saturated carbocycles. The Balaban J connectivity index is 2.24. The number of rotatable bonds is 4. The molecule has 3 nitrogen and oxygen atoms in total. The van der Waals surface area contributed by atoms with Crippen LogP contribution in [0.25, 0.3) is 0 Å². The van der Waals surface area contributed by atoms with Crippen molar-refractivity contribution < 1.29 is 9.53 Å². The van der Waals surface area contributed by atoms with Gasteiger partial charge in [0, 0.05) is 5.02 Å². The van der Waals surface area contributed by atoms with Crippen LogP contribution in [0, 0.1) is 0 Å². The Morgan fingerprint density at radius 3 is 2.68 bits per heavy atom. The maximum atomic E-state index is 11.1. The van der Waals surface area contributed by atoms with Crippen molar-refractivity contribution in [3.63, 3.8) is 0 Å². The lowest BCUT2D eigenvalue weighted by molar-refractivity contribution is -0.124. The molecule has 1 fully saturated rings. The van der Waals surface area contributed by atoms with Crippen LogP contribution in [0.4, 0.5) is 0 Å². The van der Waals surface area contributed by atoms with Crippen LogP contribution >= 0.6 is 11.6 Å². The molecule has 1 amide bonds. The first-order valence-electron chi connectivity index (χ1n) is 6.83. The van der Waals surface area contributed by atoms with Gasteiger partial charge in [-0.05, 0) is 49.4 Å². The van der Waals surface area contributed by atoms with Crippen LogP contribution in [0.5, 0.6) is 5.75 Å². The largest absolute Gasteiger partial charge is 0.481 e. The number of amides is 1. The predicted octanol–water partition coefficient (Wildman–Crippen LogP) is 3.64. The second-order valence-corrected chi connectivity index (χ2v) is 5.62. The lowest BCUT2D eigenvalue weighted by Gasteiger charge is -2.25. The fraction of sp³-hybridized carbons (Fsp3) is 0.533. The normalized spacial score (nSPS) is 18.0. The Hall–Kier alpha value is -1.22. The summed E-state index contributed by atoms with van der Waals surface area (Å²) < 4.78 is 5.68. The standard InChI is InChI=1S/C15H20ClNO2/c1-10(15(17)18)19-14-8-7-12(16)9-13(14)11-5-3-2-4-6-11/h7-11H,2-6H2,1H3,(H2,17,18)/t10-/m0/s1. The molecule has 0 heterocycles. The van der Waals surface area contributed by atoms with Gasteiger partial charge >= 0.3 is 0 Å². The van der Waals surface area contributed by atoms with Gasteiger partial charge in [0.1, 0.15) is 5.75 Å². The smallest absolute Gasteiger partial charge is 0.258 e. The lowest BCUT2D eigenvalue weighted by Crippen LogP contribution is -2.31. The molecule has 1 atom stereocenters. The topological polar surface area (TPSA) is 52.3 Å². The van der Waals surface area contributed by atoms with Crippen LogP contribution in [0.3, 0.4) is 0 Å². The third-order valence-electron chi connectivity index (χ3n) is 3.72. The quantitative estimate of drug-likeness (QED) is 0.916. The highest BCUT2D eigenvalue weighted by molar-refractivity contribution is 6.30. The Bertz CT molecular complexity index is 455. The van der Waals surface area contributed by atoms with Crippen LogP contribution < -0.4 is 10.5 Å². The summed E-state index contributed by atoms with van der Waals surface area (Å²) in [4.78, 5) is 11.1. The van der Waals surface area contributed by atoms with Crippen molar-refractivity contribution in [2.24, 2.45) is 5.73 Å². The van der Waals surface area contributed by atoms with E-state index in [-0.39, 0.29) is 0 Å². The number of benzene rings is 1. The van der Waals surface area contributed by atoms with Crippen LogP contribution in [0.15, 0.2) is 18.2 Å². The average molecular weight is 282 g/mol. The van der Waals surface area contributed by atoms with Crippen molar-refractivity contribution in [1.29, 1.82) is 0 Å². The summed E-state index contributed by atoms with van der Waals surface area (Å²) in [7, 11) is 0. The molecular formula is C15H20ClNO2. The second-order valence-electron chi connectivity index (χ2n) is 5.18. The predicted molar refractivity (Wildman–Crippen MR) is 76.6 cm³/mol. The van der Waals surface area contributed by atoms with Crippen LogP contribution in [0.2, 0.25) is 5.02 Å². The molecule has 0 radical (unpaired) electrons. The van der Waals surface area contributed by atoms with Crippen LogP contribution in [0.1, 0.15) is 50.5 Å². The zero-order valence-corrected chi connectivity index (χ0v) is 12.0. The first kappa shape index (κ1) is 14.2. The summed E-state index contributed by atoms with van der Waals surface area (Å²) in [5, 5.41) is 0.708. The van der Waals surface area contributed by atoms with E-state index in [0.717, 1.165) is 24.2 Å². The maximum absolute atomic E-state index is 11.1. The number of carbonyl (C=O) groups excluding carboxylic acids is 1. The Morgan fingerprint density at radius 1 is 1.37 bits per heavy atom. The fourth-order valence-electron chi connectivity index (χ4n) is 2.61. The fourth-order valence-corrected chi connectivity index (χ4v) is 2.79. The molecule has 1 aliphatic carbocycles. The Labute approximate surface area is 119 Å². The molecule has 0 bridgehead atoms. The van der Waals surface area contributed by atoms with Gasteiger partial charge in [-0.3, -0.25) is 4.79 Å². The van der Waals surface area contributed by atoms with Crippen molar-refractivity contribution in [3.8, 4) is 5.75 Å². The number of primary amides is 1. The minimum atomic E-state index is -0.622. The molecule has 1 aromatic carbocycles. The van der Waals surface area contributed by atoms with Gasteiger partial charge in [0.2, 0.25) is 0 Å². The first-order valence-corrected chi connectivity index (χ1v) is 7.21. The zero-order chi connectivity index (χ0) is 13.8. The van der Waals surface area contributed by atoms with Gasteiger partial charge in [-0.25, -0.2) is 0 Å². The number of ether oxygens (including phenoxy) is 1. The molecule has 104 valence electrons. The second kappa shape index (κ2) is 6.29. The first-order chi connectivity index (χ1) is 9.08. The summed E-state index contributed by atoms with van der Waals surface area (Å²) in [5.74, 6) is 0.759. The summed E-state index contributed by atoms with van der Waals surface area (Å²) in [6.07, 6.45) is 5.46. The van der Waals surface area contributed by atoms with E-state index >= 15 is 0 Å². The third kappa shape index (κ3) is 3.63. The highest BCUT2D eigenvalue weighted by Crippen LogP contribution is 2.39. The monoisotopic (exact) mass is 281 g/mol. The van der Waals surface area contributed by atoms with Crippen molar-refractivity contribution in [1.82, 2.24) is 0 Å². The van der Waals surface area contributed by atoms with E-state index in [1.54, 1.807) is 13.0 Å². The summed E-state index contributed by atoms with van der Waals surface area (Å²) in [5.41, 5.74) is 6.36. The van der Waals surface area contributed by atoms with Gasteiger partial charge in [-0.2, -0.15) is 0 Å². The molecule has 4 heteroatoms. The number of halogens is 1. The number of hydrogen-bond donors (Lipinski definition) is 1. The Kier molecular flexibility index (Phi) is 4.70. The summed E-state index contributed by atoms with van der Waals surface area (Å²) in [6, 6.07) is 5.59. The maximum Gasteiger partial charge on any atom is 0.258 e. The average Bonchev–Trinajstić information content (AvgIpc) is 2.41. The SMILES string of the molecule is C[C@H](Oc1ccc(Cl)cc1C1CCCCC1)C(N)=O. The molecule has 1 aliphatic rings. The van der Waals surface area contributed by atoms with Gasteiger partial charge in [0.05, 0.1) is 0 Å². The number of carbonyl (C=O) groups is 1. The van der Waals surface area contributed by atoms with E-state index < -0.39 is 12.0 Å². The highest BCUT2D eigenvalue weighted by Gasteiger charge is 2.21. The molecule has 2 N–H and O–H groups in total. The zero-order valence-electron chi connectivity index (χ0n) is 11.2. The van der Waals surface area contributed by atoms with Crippen molar-refractivity contribution in [2.45, 2.75) is 51.0 Å². The molecular weight excluding hydrogens is 262 g/mol. The van der Waals surface area contributed by atoms with E-state index in [1.165, 1.54) is 19.3 Å². The van der Waals surface area contributed by atoms with Crippen molar-refractivity contribution >= 4 is 17.5 Å². The third-order valence-corrected chi connectivity index (χ3v) is 3.96. The molecule has 1 aromatic rings. The molecule has 0 saturated heterocycles.